The summed E-state index contributed by atoms with van der Waals surface area (Å²) >= 11 is 1.55. The van der Waals surface area contributed by atoms with Crippen LogP contribution in [0.3, 0.4) is 0 Å². The molecule has 0 radical (unpaired) electrons. The standard InChI is InChI=1S/C17H17F3N2O2S/c18-12-6-8-13(9-7-12)25-11-3-10-21-17(23)22-14-4-1-2-5-15(14)24-16(19)20/h1-2,4-9,16H,3,10-11H2,(H2,21,22,23). The molecule has 0 saturated heterocycles. The highest BCUT2D eigenvalue weighted by molar-refractivity contribution is 7.99. The van der Waals surface area contributed by atoms with E-state index in [4.69, 9.17) is 0 Å². The molecule has 2 rings (SSSR count). The van der Waals surface area contributed by atoms with Crippen molar-refractivity contribution in [1.29, 1.82) is 0 Å². The Bertz CT molecular complexity index is 684. The van der Waals surface area contributed by atoms with Gasteiger partial charge in [-0.25, -0.2) is 9.18 Å². The maximum Gasteiger partial charge on any atom is 0.387 e. The molecule has 0 aliphatic carbocycles. The van der Waals surface area contributed by atoms with Crippen LogP contribution in [0.1, 0.15) is 6.42 Å². The van der Waals surface area contributed by atoms with Crippen molar-refractivity contribution in [3.8, 4) is 5.75 Å². The second-order valence-corrected chi connectivity index (χ2v) is 6.08. The van der Waals surface area contributed by atoms with Gasteiger partial charge in [0.05, 0.1) is 5.69 Å². The Labute approximate surface area is 147 Å². The highest BCUT2D eigenvalue weighted by Crippen LogP contribution is 2.25. The molecule has 0 bridgehead atoms. The lowest BCUT2D eigenvalue weighted by molar-refractivity contribution is -0.0493. The van der Waals surface area contributed by atoms with E-state index in [1.807, 2.05) is 0 Å². The molecule has 0 atom stereocenters. The van der Waals surface area contributed by atoms with Crippen LogP contribution in [-0.2, 0) is 0 Å². The van der Waals surface area contributed by atoms with E-state index in [0.29, 0.717) is 13.0 Å². The van der Waals surface area contributed by atoms with Crippen LogP contribution in [0, 0.1) is 5.82 Å². The van der Waals surface area contributed by atoms with Gasteiger partial charge in [0.15, 0.2) is 0 Å². The van der Waals surface area contributed by atoms with Crippen molar-refractivity contribution in [2.45, 2.75) is 17.9 Å². The number of benzene rings is 2. The molecular formula is C17H17F3N2O2S. The smallest absolute Gasteiger partial charge is 0.387 e. The third-order valence-corrected chi connectivity index (χ3v) is 4.14. The number of ether oxygens (including phenoxy) is 1. The number of carbonyl (C=O) groups excluding carboxylic acids is 1. The van der Waals surface area contributed by atoms with Crippen LogP contribution in [0.5, 0.6) is 5.75 Å². The van der Waals surface area contributed by atoms with Gasteiger partial charge in [0.25, 0.3) is 0 Å². The highest BCUT2D eigenvalue weighted by Gasteiger charge is 2.11. The van der Waals surface area contributed by atoms with Crippen molar-refractivity contribution in [2.24, 2.45) is 0 Å². The molecule has 8 heteroatoms. The van der Waals surface area contributed by atoms with E-state index < -0.39 is 12.6 Å². The number of hydrogen-bond acceptors (Lipinski definition) is 3. The molecule has 2 aromatic carbocycles. The third kappa shape index (κ3) is 6.96. The van der Waals surface area contributed by atoms with Crippen LogP contribution >= 0.6 is 11.8 Å². The molecule has 25 heavy (non-hydrogen) atoms. The van der Waals surface area contributed by atoms with E-state index in [9.17, 15) is 18.0 Å². The number of nitrogens with one attached hydrogen (secondary N) is 2. The number of hydrogen-bond donors (Lipinski definition) is 2. The quantitative estimate of drug-likeness (QED) is 0.522. The van der Waals surface area contributed by atoms with Crippen LogP contribution < -0.4 is 15.4 Å². The fourth-order valence-electron chi connectivity index (χ4n) is 1.93. The first-order valence-electron chi connectivity index (χ1n) is 7.51. The fourth-order valence-corrected chi connectivity index (χ4v) is 2.78. The second-order valence-electron chi connectivity index (χ2n) is 4.91. The largest absolute Gasteiger partial charge is 0.433 e. The molecule has 134 valence electrons. The van der Waals surface area contributed by atoms with E-state index in [1.54, 1.807) is 30.0 Å². The van der Waals surface area contributed by atoms with Gasteiger partial charge in [0, 0.05) is 11.4 Å². The van der Waals surface area contributed by atoms with Crippen LogP contribution in [0.25, 0.3) is 0 Å². The van der Waals surface area contributed by atoms with Gasteiger partial charge in [0.1, 0.15) is 11.6 Å². The Hall–Kier alpha value is -2.35. The summed E-state index contributed by atoms with van der Waals surface area (Å²) in [4.78, 5) is 12.8. The highest BCUT2D eigenvalue weighted by atomic mass is 32.2. The van der Waals surface area contributed by atoms with Crippen molar-refractivity contribution >= 4 is 23.5 Å². The number of anilines is 1. The summed E-state index contributed by atoms with van der Waals surface area (Å²) in [6.07, 6.45) is 0.699. The summed E-state index contributed by atoms with van der Waals surface area (Å²) in [5, 5.41) is 5.11. The maximum absolute atomic E-state index is 12.8. The zero-order valence-corrected chi connectivity index (χ0v) is 14.0. The first kappa shape index (κ1) is 19.0. The number of carbonyl (C=O) groups is 1. The van der Waals surface area contributed by atoms with Gasteiger partial charge < -0.3 is 15.4 Å². The molecule has 0 aliphatic rings. The molecule has 0 saturated carbocycles. The molecule has 0 heterocycles. The molecular weight excluding hydrogens is 353 g/mol. The molecule has 0 aliphatic heterocycles. The van der Waals surface area contributed by atoms with Crippen LogP contribution in [0.15, 0.2) is 53.4 Å². The van der Waals surface area contributed by atoms with E-state index in [2.05, 4.69) is 15.4 Å². The number of amides is 2. The third-order valence-electron chi connectivity index (χ3n) is 3.04. The van der Waals surface area contributed by atoms with E-state index in [-0.39, 0.29) is 17.3 Å². The minimum Gasteiger partial charge on any atom is -0.433 e. The summed E-state index contributed by atoms with van der Waals surface area (Å²) in [6.45, 7) is -2.55. The summed E-state index contributed by atoms with van der Waals surface area (Å²) < 4.78 is 41.7. The lowest BCUT2D eigenvalue weighted by Gasteiger charge is -2.12. The molecule has 0 unspecified atom stereocenters. The summed E-state index contributed by atoms with van der Waals surface area (Å²) in [5.41, 5.74) is 0.168. The van der Waals surface area contributed by atoms with Crippen LogP contribution in [0.2, 0.25) is 0 Å². The van der Waals surface area contributed by atoms with Gasteiger partial charge in [-0.1, -0.05) is 12.1 Å². The van der Waals surface area contributed by atoms with Gasteiger partial charge in [-0.2, -0.15) is 8.78 Å². The maximum atomic E-state index is 12.8. The lowest BCUT2D eigenvalue weighted by atomic mass is 10.3. The predicted octanol–water partition coefficient (Wildman–Crippen LogP) is 4.73. The van der Waals surface area contributed by atoms with Gasteiger partial charge >= 0.3 is 12.6 Å². The molecule has 4 nitrogen and oxygen atoms in total. The summed E-state index contributed by atoms with van der Waals surface area (Å²) in [5.74, 6) is 0.370. The van der Waals surface area contributed by atoms with Crippen molar-refractivity contribution < 1.29 is 22.7 Å². The normalized spacial score (nSPS) is 10.6. The van der Waals surface area contributed by atoms with Crippen LogP contribution in [-0.4, -0.2) is 24.9 Å². The molecule has 0 fully saturated rings. The van der Waals surface area contributed by atoms with E-state index in [1.165, 1.54) is 30.3 Å². The average Bonchev–Trinajstić information content (AvgIpc) is 2.57. The van der Waals surface area contributed by atoms with Crippen molar-refractivity contribution in [3.05, 3.63) is 54.3 Å². The van der Waals surface area contributed by atoms with Gasteiger partial charge in [-0.05, 0) is 48.6 Å². The first-order valence-corrected chi connectivity index (χ1v) is 8.50. The Kier molecular flexibility index (Phi) is 7.46. The average molecular weight is 370 g/mol. The van der Waals surface area contributed by atoms with Crippen molar-refractivity contribution in [3.63, 3.8) is 0 Å². The summed E-state index contributed by atoms with van der Waals surface area (Å²) in [7, 11) is 0. The molecule has 0 spiro atoms. The monoisotopic (exact) mass is 370 g/mol. The topological polar surface area (TPSA) is 50.4 Å². The van der Waals surface area contributed by atoms with Gasteiger partial charge in [0.2, 0.25) is 0 Å². The Morgan fingerprint density at radius 3 is 2.56 bits per heavy atom. The van der Waals surface area contributed by atoms with Crippen molar-refractivity contribution in [2.75, 3.05) is 17.6 Å². The first-order chi connectivity index (χ1) is 12.0. The predicted molar refractivity (Wildman–Crippen MR) is 91.8 cm³/mol. The fraction of sp³-hybridized carbons (Fsp3) is 0.235. The molecule has 2 amide bonds. The second kappa shape index (κ2) is 9.83. The number of halogens is 3. The molecule has 2 N–H and O–H groups in total. The van der Waals surface area contributed by atoms with Gasteiger partial charge in [-0.15, -0.1) is 11.8 Å². The van der Waals surface area contributed by atoms with E-state index in [0.717, 1.165) is 10.6 Å². The SMILES string of the molecule is O=C(NCCCSc1ccc(F)cc1)Nc1ccccc1OC(F)F. The number of rotatable bonds is 8. The Balaban J connectivity index is 1.70. The van der Waals surface area contributed by atoms with Gasteiger partial charge in [-0.3, -0.25) is 0 Å². The van der Waals surface area contributed by atoms with Crippen molar-refractivity contribution in [1.82, 2.24) is 5.32 Å². The number of thioether (sulfide) groups is 1. The summed E-state index contributed by atoms with van der Waals surface area (Å²) in [6, 6.07) is 11.6. The molecule has 0 aromatic heterocycles. The minimum atomic E-state index is -2.96. The zero-order chi connectivity index (χ0) is 18.1. The number of urea groups is 1. The zero-order valence-electron chi connectivity index (χ0n) is 13.2. The van der Waals surface area contributed by atoms with Crippen LogP contribution in [0.4, 0.5) is 23.7 Å². The number of alkyl halides is 2. The minimum absolute atomic E-state index is 0.0977. The Morgan fingerprint density at radius 2 is 1.84 bits per heavy atom. The Morgan fingerprint density at radius 1 is 1.12 bits per heavy atom. The lowest BCUT2D eigenvalue weighted by Crippen LogP contribution is -2.30. The molecule has 2 aromatic rings. The number of para-hydroxylation sites is 2. The van der Waals surface area contributed by atoms with E-state index >= 15 is 0 Å².